The SMILES string of the molecule is Cc1oc(CNC(C)C)cc1S(=O)(=O)N(C)CCN(C)C. The summed E-state index contributed by atoms with van der Waals surface area (Å²) in [6.45, 7) is 7.39. The number of rotatable bonds is 8. The number of hydrogen-bond donors (Lipinski definition) is 1. The van der Waals surface area contributed by atoms with E-state index in [9.17, 15) is 8.42 Å². The Morgan fingerprint density at radius 3 is 2.38 bits per heavy atom. The summed E-state index contributed by atoms with van der Waals surface area (Å²) in [5.74, 6) is 1.08. The molecule has 1 rings (SSSR count). The second-order valence-electron chi connectivity index (χ2n) is 5.80. The van der Waals surface area contributed by atoms with Gasteiger partial charge in [0.25, 0.3) is 0 Å². The summed E-state index contributed by atoms with van der Waals surface area (Å²) in [5, 5.41) is 3.21. The zero-order valence-corrected chi connectivity index (χ0v) is 14.6. The van der Waals surface area contributed by atoms with Crippen LogP contribution in [-0.4, -0.2) is 57.9 Å². The maximum absolute atomic E-state index is 12.5. The number of likely N-dealkylation sites (N-methyl/N-ethyl adjacent to an activating group) is 2. The van der Waals surface area contributed by atoms with E-state index in [1.54, 1.807) is 20.0 Å². The number of hydrogen-bond acceptors (Lipinski definition) is 5. The van der Waals surface area contributed by atoms with Crippen LogP contribution in [0.4, 0.5) is 0 Å². The van der Waals surface area contributed by atoms with Gasteiger partial charge in [-0.15, -0.1) is 0 Å². The Morgan fingerprint density at radius 1 is 1.24 bits per heavy atom. The zero-order valence-electron chi connectivity index (χ0n) is 13.8. The van der Waals surface area contributed by atoms with Gasteiger partial charge in [-0.05, 0) is 21.0 Å². The van der Waals surface area contributed by atoms with Crippen LogP contribution in [0.25, 0.3) is 0 Å². The fraction of sp³-hybridized carbons (Fsp3) is 0.714. The van der Waals surface area contributed by atoms with Gasteiger partial charge in [-0.3, -0.25) is 0 Å². The number of furan rings is 1. The van der Waals surface area contributed by atoms with Gasteiger partial charge in [-0.1, -0.05) is 13.8 Å². The molecule has 1 aromatic heterocycles. The lowest BCUT2D eigenvalue weighted by atomic mass is 10.3. The van der Waals surface area contributed by atoms with Crippen molar-refractivity contribution in [2.45, 2.75) is 38.3 Å². The summed E-state index contributed by atoms with van der Waals surface area (Å²) in [4.78, 5) is 2.20. The minimum atomic E-state index is -3.50. The van der Waals surface area contributed by atoms with Crippen molar-refractivity contribution < 1.29 is 12.8 Å². The highest BCUT2D eigenvalue weighted by Gasteiger charge is 2.26. The Balaban J connectivity index is 2.87. The largest absolute Gasteiger partial charge is 0.464 e. The number of nitrogens with one attached hydrogen (secondary N) is 1. The van der Waals surface area contributed by atoms with E-state index in [1.807, 2.05) is 32.8 Å². The summed E-state index contributed by atoms with van der Waals surface area (Å²) in [5.41, 5.74) is 0. The Labute approximate surface area is 128 Å². The fourth-order valence-corrected chi connectivity index (χ4v) is 3.14. The molecule has 0 unspecified atom stereocenters. The number of sulfonamides is 1. The Bertz CT molecular complexity index is 550. The lowest BCUT2D eigenvalue weighted by Crippen LogP contribution is -2.33. The zero-order chi connectivity index (χ0) is 16.2. The highest BCUT2D eigenvalue weighted by Crippen LogP contribution is 2.23. The van der Waals surface area contributed by atoms with Gasteiger partial charge in [-0.2, -0.15) is 4.31 Å². The lowest BCUT2D eigenvalue weighted by Gasteiger charge is -2.18. The molecule has 0 saturated heterocycles. The van der Waals surface area contributed by atoms with Crippen LogP contribution in [0.3, 0.4) is 0 Å². The summed E-state index contributed by atoms with van der Waals surface area (Å²) in [6, 6.07) is 1.94. The van der Waals surface area contributed by atoms with Crippen LogP contribution in [0.5, 0.6) is 0 Å². The van der Waals surface area contributed by atoms with Crippen molar-refractivity contribution in [2.75, 3.05) is 34.2 Å². The van der Waals surface area contributed by atoms with Crippen LogP contribution < -0.4 is 5.32 Å². The van der Waals surface area contributed by atoms with Crippen LogP contribution in [0.15, 0.2) is 15.4 Å². The van der Waals surface area contributed by atoms with Gasteiger partial charge in [-0.25, -0.2) is 8.42 Å². The van der Waals surface area contributed by atoms with E-state index in [0.29, 0.717) is 37.2 Å². The summed E-state index contributed by atoms with van der Waals surface area (Å²) in [7, 11) is 1.93. The van der Waals surface area contributed by atoms with Gasteiger partial charge in [0.1, 0.15) is 16.4 Å². The molecule has 0 aliphatic heterocycles. The summed E-state index contributed by atoms with van der Waals surface area (Å²) >= 11 is 0. The molecule has 21 heavy (non-hydrogen) atoms. The molecule has 0 spiro atoms. The van der Waals surface area contributed by atoms with Crippen LogP contribution >= 0.6 is 0 Å². The van der Waals surface area contributed by atoms with E-state index in [0.717, 1.165) is 0 Å². The first kappa shape index (κ1) is 18.2. The van der Waals surface area contributed by atoms with E-state index in [1.165, 1.54) is 4.31 Å². The standard InChI is InChI=1S/C14H27N3O3S/c1-11(2)15-10-13-9-14(12(3)20-13)21(18,19)17(6)8-7-16(4)5/h9,11,15H,7-8,10H2,1-6H3. The predicted octanol–water partition coefficient (Wildman–Crippen LogP) is 1.27. The third-order valence-electron chi connectivity index (χ3n) is 3.16. The van der Waals surface area contributed by atoms with Crippen molar-refractivity contribution >= 4 is 10.0 Å². The molecule has 122 valence electrons. The molecule has 7 heteroatoms. The molecule has 1 N–H and O–H groups in total. The molecular weight excluding hydrogens is 290 g/mol. The third kappa shape index (κ3) is 5.10. The first-order chi connectivity index (χ1) is 9.64. The van der Waals surface area contributed by atoms with Crippen LogP contribution in [-0.2, 0) is 16.6 Å². The molecular formula is C14H27N3O3S. The number of aryl methyl sites for hydroxylation is 1. The first-order valence-corrected chi connectivity index (χ1v) is 8.52. The van der Waals surface area contributed by atoms with Gasteiger partial charge >= 0.3 is 0 Å². The Kier molecular flexibility index (Phi) is 6.40. The molecule has 0 aliphatic carbocycles. The second kappa shape index (κ2) is 7.40. The molecule has 0 saturated carbocycles. The molecule has 6 nitrogen and oxygen atoms in total. The van der Waals surface area contributed by atoms with Gasteiger partial charge in [0, 0.05) is 32.2 Å². The van der Waals surface area contributed by atoms with E-state index >= 15 is 0 Å². The quantitative estimate of drug-likeness (QED) is 0.782. The minimum absolute atomic E-state index is 0.254. The highest BCUT2D eigenvalue weighted by atomic mass is 32.2. The molecule has 0 bridgehead atoms. The van der Waals surface area contributed by atoms with Crippen molar-refractivity contribution in [3.8, 4) is 0 Å². The smallest absolute Gasteiger partial charge is 0.246 e. The molecule has 0 aromatic carbocycles. The van der Waals surface area contributed by atoms with Crippen LogP contribution in [0.1, 0.15) is 25.4 Å². The minimum Gasteiger partial charge on any atom is -0.464 e. The van der Waals surface area contributed by atoms with Crippen LogP contribution in [0.2, 0.25) is 0 Å². The highest BCUT2D eigenvalue weighted by molar-refractivity contribution is 7.89. The van der Waals surface area contributed by atoms with Crippen LogP contribution in [0, 0.1) is 6.92 Å². The van der Waals surface area contributed by atoms with Gasteiger partial charge in [0.2, 0.25) is 10.0 Å². The maximum atomic E-state index is 12.5. The van der Waals surface area contributed by atoms with Crippen molar-refractivity contribution in [2.24, 2.45) is 0 Å². The normalized spacial score (nSPS) is 12.8. The molecule has 0 amide bonds. The molecule has 1 heterocycles. The summed E-state index contributed by atoms with van der Waals surface area (Å²) in [6.07, 6.45) is 0. The van der Waals surface area contributed by atoms with Gasteiger partial charge < -0.3 is 14.6 Å². The van der Waals surface area contributed by atoms with E-state index in [-0.39, 0.29) is 4.90 Å². The predicted molar refractivity (Wildman–Crippen MR) is 83.8 cm³/mol. The van der Waals surface area contributed by atoms with Crippen molar-refractivity contribution in [1.29, 1.82) is 0 Å². The number of nitrogens with zero attached hydrogens (tertiary/aromatic N) is 2. The van der Waals surface area contributed by atoms with E-state index in [4.69, 9.17) is 4.42 Å². The molecule has 0 radical (unpaired) electrons. The topological polar surface area (TPSA) is 65.8 Å². The van der Waals surface area contributed by atoms with Crippen molar-refractivity contribution in [1.82, 2.24) is 14.5 Å². The maximum Gasteiger partial charge on any atom is 0.246 e. The van der Waals surface area contributed by atoms with Gasteiger partial charge in [0.05, 0.1) is 6.54 Å². The molecule has 1 aromatic rings. The average Bonchev–Trinajstić information content (AvgIpc) is 2.75. The third-order valence-corrected chi connectivity index (χ3v) is 5.12. The summed E-state index contributed by atoms with van der Waals surface area (Å²) < 4.78 is 32.0. The molecule has 0 atom stereocenters. The lowest BCUT2D eigenvalue weighted by molar-refractivity contribution is 0.358. The van der Waals surface area contributed by atoms with Gasteiger partial charge in [0.15, 0.2) is 0 Å². The second-order valence-corrected chi connectivity index (χ2v) is 7.81. The fourth-order valence-electron chi connectivity index (χ4n) is 1.80. The van der Waals surface area contributed by atoms with Crippen molar-refractivity contribution in [3.63, 3.8) is 0 Å². The van der Waals surface area contributed by atoms with Crippen molar-refractivity contribution in [3.05, 3.63) is 17.6 Å². The monoisotopic (exact) mass is 317 g/mol. The molecule has 0 aliphatic rings. The average molecular weight is 317 g/mol. The Hall–Kier alpha value is -0.890. The van der Waals surface area contributed by atoms with E-state index in [2.05, 4.69) is 5.32 Å². The molecule has 0 fully saturated rings. The Morgan fingerprint density at radius 2 is 1.86 bits per heavy atom. The first-order valence-electron chi connectivity index (χ1n) is 7.08. The van der Waals surface area contributed by atoms with E-state index < -0.39 is 10.0 Å².